The second kappa shape index (κ2) is 6.51. The molecule has 0 aromatic heterocycles. The van der Waals surface area contributed by atoms with E-state index < -0.39 is 35.0 Å². The third kappa shape index (κ3) is 3.68. The monoisotopic (exact) mass is 301 g/mol. The summed E-state index contributed by atoms with van der Waals surface area (Å²) in [7, 11) is 0. The molecule has 5 nitrogen and oxygen atoms in total. The Morgan fingerprint density at radius 1 is 1.14 bits per heavy atom. The summed E-state index contributed by atoms with van der Waals surface area (Å²) >= 11 is 0. The molecule has 0 aliphatic heterocycles. The number of carboxylic acids is 1. The molecule has 1 aromatic rings. The van der Waals surface area contributed by atoms with Crippen molar-refractivity contribution in [3.05, 3.63) is 29.3 Å². The zero-order chi connectivity index (χ0) is 16.3. The average Bonchev–Trinajstić information content (AvgIpc) is 2.32. The van der Waals surface area contributed by atoms with Gasteiger partial charge >= 0.3 is 12.1 Å². The van der Waals surface area contributed by atoms with Crippen molar-refractivity contribution < 1.29 is 28.2 Å². The van der Waals surface area contributed by atoms with Gasteiger partial charge < -0.3 is 14.7 Å². The van der Waals surface area contributed by atoms with Crippen molar-refractivity contribution in [2.45, 2.75) is 39.8 Å². The van der Waals surface area contributed by atoms with Crippen LogP contribution >= 0.6 is 0 Å². The van der Waals surface area contributed by atoms with Crippen molar-refractivity contribution in [3.63, 3.8) is 0 Å². The zero-order valence-electron chi connectivity index (χ0n) is 12.2. The number of amides is 1. The summed E-state index contributed by atoms with van der Waals surface area (Å²) in [5, 5.41) is 8.93. The van der Waals surface area contributed by atoms with Crippen molar-refractivity contribution in [1.29, 1.82) is 0 Å². The minimum Gasteiger partial charge on any atom is -0.477 e. The number of carbonyl (C=O) groups is 2. The number of carboxylic acid groups (broad SMARTS) is 1. The van der Waals surface area contributed by atoms with E-state index in [-0.39, 0.29) is 12.1 Å². The first kappa shape index (κ1) is 16.9. The summed E-state index contributed by atoms with van der Waals surface area (Å²) in [6, 6.07) is 1.23. The van der Waals surface area contributed by atoms with Gasteiger partial charge in [-0.3, -0.25) is 0 Å². The maximum Gasteiger partial charge on any atom is 0.415 e. The molecular weight excluding hydrogens is 284 g/mol. The van der Waals surface area contributed by atoms with Crippen LogP contribution in [0.15, 0.2) is 12.1 Å². The molecule has 1 amide bonds. The van der Waals surface area contributed by atoms with E-state index in [0.29, 0.717) is 6.07 Å². The van der Waals surface area contributed by atoms with E-state index in [2.05, 4.69) is 0 Å². The predicted molar refractivity (Wildman–Crippen MR) is 71.5 cm³/mol. The van der Waals surface area contributed by atoms with Gasteiger partial charge in [-0.15, -0.1) is 0 Å². The van der Waals surface area contributed by atoms with Crippen LogP contribution in [-0.2, 0) is 0 Å². The number of halogens is 2. The van der Waals surface area contributed by atoms with E-state index in [1.807, 2.05) is 0 Å². The molecule has 0 radical (unpaired) electrons. The van der Waals surface area contributed by atoms with Gasteiger partial charge in [-0.05, 0) is 39.8 Å². The molecule has 7 heteroatoms. The van der Waals surface area contributed by atoms with Gasteiger partial charge in [0.25, 0.3) is 0 Å². The van der Waals surface area contributed by atoms with Crippen LogP contribution in [0.25, 0.3) is 0 Å². The Morgan fingerprint density at radius 3 is 2.10 bits per heavy atom. The number of carbonyl (C=O) groups excluding carboxylic acids is 1. The lowest BCUT2D eigenvalue weighted by molar-refractivity contribution is 0.0685. The first-order valence-corrected chi connectivity index (χ1v) is 6.38. The maximum atomic E-state index is 13.5. The lowest BCUT2D eigenvalue weighted by Gasteiger charge is -2.29. The standard InChI is InChI=1S/C14H17F2NO4/c1-7(2)17(8(3)4)14(20)21-10-6-5-9(15)12(16)11(10)13(18)19/h5-8H,1-4H3,(H,18,19). The van der Waals surface area contributed by atoms with Gasteiger partial charge in [-0.2, -0.15) is 0 Å². The lowest BCUT2D eigenvalue weighted by Crippen LogP contribution is -2.43. The summed E-state index contributed by atoms with van der Waals surface area (Å²) in [5.74, 6) is -5.13. The van der Waals surface area contributed by atoms with Crippen LogP contribution < -0.4 is 4.74 Å². The first-order valence-electron chi connectivity index (χ1n) is 6.38. The summed E-state index contributed by atoms with van der Waals surface area (Å²) < 4.78 is 31.5. The fraction of sp³-hybridized carbons (Fsp3) is 0.429. The van der Waals surface area contributed by atoms with Crippen molar-refractivity contribution in [1.82, 2.24) is 4.90 Å². The molecule has 1 N–H and O–H groups in total. The van der Waals surface area contributed by atoms with E-state index in [9.17, 15) is 18.4 Å². The van der Waals surface area contributed by atoms with E-state index >= 15 is 0 Å². The molecule has 0 saturated heterocycles. The second-order valence-electron chi connectivity index (χ2n) is 5.00. The van der Waals surface area contributed by atoms with Crippen molar-refractivity contribution in [2.75, 3.05) is 0 Å². The van der Waals surface area contributed by atoms with Crippen molar-refractivity contribution in [2.24, 2.45) is 0 Å². The molecule has 1 rings (SSSR count). The largest absolute Gasteiger partial charge is 0.477 e. The van der Waals surface area contributed by atoms with Crippen LogP contribution in [0.4, 0.5) is 13.6 Å². The van der Waals surface area contributed by atoms with Crippen LogP contribution in [0, 0.1) is 11.6 Å². The molecule has 0 heterocycles. The number of aromatic carboxylic acids is 1. The van der Waals surface area contributed by atoms with Gasteiger partial charge in [-0.1, -0.05) is 0 Å². The highest BCUT2D eigenvalue weighted by Crippen LogP contribution is 2.25. The van der Waals surface area contributed by atoms with E-state index in [4.69, 9.17) is 9.84 Å². The lowest BCUT2D eigenvalue weighted by atomic mass is 10.2. The molecular formula is C14H17F2NO4. The number of hydrogen-bond acceptors (Lipinski definition) is 3. The summed E-state index contributed by atoms with van der Waals surface area (Å²) in [6.45, 7) is 7.02. The smallest absolute Gasteiger partial charge is 0.415 e. The third-order valence-electron chi connectivity index (χ3n) is 2.79. The Kier molecular flexibility index (Phi) is 5.23. The fourth-order valence-corrected chi connectivity index (χ4v) is 1.98. The van der Waals surface area contributed by atoms with Gasteiger partial charge in [0.2, 0.25) is 0 Å². The van der Waals surface area contributed by atoms with Crippen LogP contribution in [0.1, 0.15) is 38.1 Å². The summed E-state index contributed by atoms with van der Waals surface area (Å²) in [6.07, 6.45) is -0.825. The normalized spacial score (nSPS) is 10.9. The number of hydrogen-bond donors (Lipinski definition) is 1. The molecule has 1 aromatic carbocycles. The zero-order valence-corrected chi connectivity index (χ0v) is 12.2. The van der Waals surface area contributed by atoms with E-state index in [1.54, 1.807) is 27.7 Å². The van der Waals surface area contributed by atoms with Gasteiger partial charge in [-0.25, -0.2) is 18.4 Å². The van der Waals surface area contributed by atoms with E-state index in [1.165, 1.54) is 4.90 Å². The summed E-state index contributed by atoms with van der Waals surface area (Å²) in [5.41, 5.74) is -1.00. The molecule has 0 aliphatic rings. The Bertz CT molecular complexity index is 550. The Hall–Kier alpha value is -2.18. The molecule has 21 heavy (non-hydrogen) atoms. The van der Waals surface area contributed by atoms with E-state index in [0.717, 1.165) is 6.07 Å². The van der Waals surface area contributed by atoms with Crippen LogP contribution in [-0.4, -0.2) is 34.2 Å². The minimum absolute atomic E-state index is 0.198. The highest BCUT2D eigenvalue weighted by atomic mass is 19.2. The molecule has 0 fully saturated rings. The number of ether oxygens (including phenoxy) is 1. The van der Waals surface area contributed by atoms with Gasteiger partial charge in [0, 0.05) is 12.1 Å². The molecule has 0 unspecified atom stereocenters. The quantitative estimate of drug-likeness (QED) is 0.926. The average molecular weight is 301 g/mol. The fourth-order valence-electron chi connectivity index (χ4n) is 1.98. The Balaban J connectivity index is 3.16. The van der Waals surface area contributed by atoms with Crippen molar-refractivity contribution >= 4 is 12.1 Å². The highest BCUT2D eigenvalue weighted by molar-refractivity contribution is 5.92. The molecule has 116 valence electrons. The topological polar surface area (TPSA) is 66.8 Å². The Labute approximate surface area is 121 Å². The maximum absolute atomic E-state index is 13.5. The molecule has 0 atom stereocenters. The number of rotatable bonds is 4. The summed E-state index contributed by atoms with van der Waals surface area (Å²) in [4.78, 5) is 24.4. The first-order chi connectivity index (χ1) is 9.66. The number of nitrogens with zero attached hydrogens (tertiary/aromatic N) is 1. The van der Waals surface area contributed by atoms with Crippen LogP contribution in [0.3, 0.4) is 0 Å². The van der Waals surface area contributed by atoms with Gasteiger partial charge in [0.1, 0.15) is 5.56 Å². The Morgan fingerprint density at radius 2 is 1.67 bits per heavy atom. The van der Waals surface area contributed by atoms with Gasteiger partial charge in [0.05, 0.1) is 0 Å². The predicted octanol–water partition coefficient (Wildman–Crippen LogP) is 3.28. The molecule has 0 aliphatic carbocycles. The minimum atomic E-state index is -1.71. The second-order valence-corrected chi connectivity index (χ2v) is 5.00. The van der Waals surface area contributed by atoms with Gasteiger partial charge in [0.15, 0.2) is 17.4 Å². The third-order valence-corrected chi connectivity index (χ3v) is 2.79. The molecule has 0 bridgehead atoms. The molecule has 0 spiro atoms. The SMILES string of the molecule is CC(C)N(C(=O)Oc1ccc(F)c(F)c1C(=O)O)C(C)C. The highest BCUT2D eigenvalue weighted by Gasteiger charge is 2.27. The van der Waals surface area contributed by atoms with Crippen LogP contribution in [0.5, 0.6) is 5.75 Å². The molecule has 0 saturated carbocycles. The number of benzene rings is 1. The van der Waals surface area contributed by atoms with Crippen molar-refractivity contribution in [3.8, 4) is 5.75 Å². The van der Waals surface area contributed by atoms with Crippen LogP contribution in [0.2, 0.25) is 0 Å².